The van der Waals surface area contributed by atoms with Gasteiger partial charge in [-0.1, -0.05) is 6.92 Å². The maximum Gasteiger partial charge on any atom is 0.251 e. The molecule has 2 heterocycles. The molecule has 0 aromatic carbocycles. The van der Waals surface area contributed by atoms with Crippen molar-refractivity contribution in [3.63, 3.8) is 0 Å². The fourth-order valence-corrected chi connectivity index (χ4v) is 2.68. The second-order valence-corrected chi connectivity index (χ2v) is 5.61. The maximum atomic E-state index is 12.3. The quantitative estimate of drug-likeness (QED) is 0.541. The van der Waals surface area contributed by atoms with Crippen molar-refractivity contribution in [2.75, 3.05) is 25.1 Å². The van der Waals surface area contributed by atoms with Crippen molar-refractivity contribution in [2.45, 2.75) is 39.2 Å². The van der Waals surface area contributed by atoms with Crippen LogP contribution in [0.4, 0.5) is 5.82 Å². The summed E-state index contributed by atoms with van der Waals surface area (Å²) in [7, 11) is 0. The lowest BCUT2D eigenvalue weighted by atomic mass is 10.1. The summed E-state index contributed by atoms with van der Waals surface area (Å²) < 4.78 is 0. The number of hydrazine groups is 1. The van der Waals surface area contributed by atoms with E-state index in [4.69, 9.17) is 5.84 Å². The van der Waals surface area contributed by atoms with Gasteiger partial charge in [0.15, 0.2) is 0 Å². The van der Waals surface area contributed by atoms with Gasteiger partial charge in [0, 0.05) is 23.8 Å². The minimum Gasteiger partial charge on any atom is -0.348 e. The molecule has 1 saturated heterocycles. The topological polar surface area (TPSA) is 83.3 Å². The van der Waals surface area contributed by atoms with Gasteiger partial charge in [-0.15, -0.1) is 0 Å². The third-order valence-electron chi connectivity index (χ3n) is 3.76. The van der Waals surface area contributed by atoms with Gasteiger partial charge in [-0.25, -0.2) is 10.8 Å². The summed E-state index contributed by atoms with van der Waals surface area (Å²) in [6.07, 6.45) is 3.28. The van der Waals surface area contributed by atoms with E-state index in [1.165, 1.54) is 12.8 Å². The molecular formula is C15H25N5O. The molecule has 6 heteroatoms. The Labute approximate surface area is 126 Å². The van der Waals surface area contributed by atoms with E-state index in [9.17, 15) is 4.79 Å². The van der Waals surface area contributed by atoms with Gasteiger partial charge in [0.2, 0.25) is 0 Å². The predicted molar refractivity (Wildman–Crippen MR) is 84.0 cm³/mol. The van der Waals surface area contributed by atoms with E-state index < -0.39 is 0 Å². The van der Waals surface area contributed by atoms with Crippen molar-refractivity contribution < 1.29 is 4.79 Å². The first-order valence-corrected chi connectivity index (χ1v) is 7.63. The Morgan fingerprint density at radius 3 is 2.76 bits per heavy atom. The number of carbonyl (C=O) groups is 1. The molecule has 1 aliphatic heterocycles. The highest BCUT2D eigenvalue weighted by Crippen LogP contribution is 2.11. The van der Waals surface area contributed by atoms with E-state index in [0.717, 1.165) is 31.7 Å². The fraction of sp³-hybridized carbons (Fsp3) is 0.600. The number of hydrogen-bond donors (Lipinski definition) is 3. The number of aromatic nitrogens is 1. The normalized spacial score (nSPS) is 16.7. The van der Waals surface area contributed by atoms with E-state index >= 15 is 0 Å². The molecule has 4 N–H and O–H groups in total. The van der Waals surface area contributed by atoms with E-state index in [0.29, 0.717) is 11.4 Å². The van der Waals surface area contributed by atoms with Gasteiger partial charge in [0.1, 0.15) is 5.82 Å². The number of nitrogens with two attached hydrogens (primary N) is 1. The molecule has 0 bridgehead atoms. The number of anilines is 1. The van der Waals surface area contributed by atoms with Gasteiger partial charge in [0.05, 0.1) is 0 Å². The molecule has 6 nitrogen and oxygen atoms in total. The predicted octanol–water partition coefficient (Wildman–Crippen LogP) is 1.14. The molecule has 1 unspecified atom stereocenters. The Bertz CT molecular complexity index is 463. The monoisotopic (exact) mass is 291 g/mol. The smallest absolute Gasteiger partial charge is 0.251 e. The number of pyridine rings is 1. The van der Waals surface area contributed by atoms with Crippen LogP contribution in [0.2, 0.25) is 0 Å². The fourth-order valence-electron chi connectivity index (χ4n) is 2.68. The zero-order chi connectivity index (χ0) is 15.2. The highest BCUT2D eigenvalue weighted by atomic mass is 16.1. The molecule has 1 aromatic rings. The summed E-state index contributed by atoms with van der Waals surface area (Å²) in [5.74, 6) is 5.85. The zero-order valence-corrected chi connectivity index (χ0v) is 12.9. The number of likely N-dealkylation sites (tertiary alicyclic amines) is 1. The first kappa shape index (κ1) is 15.7. The van der Waals surface area contributed by atoms with Gasteiger partial charge >= 0.3 is 0 Å². The lowest BCUT2D eigenvalue weighted by molar-refractivity contribution is 0.0931. The van der Waals surface area contributed by atoms with Crippen molar-refractivity contribution in [1.82, 2.24) is 15.2 Å². The van der Waals surface area contributed by atoms with Crippen molar-refractivity contribution in [3.8, 4) is 0 Å². The van der Waals surface area contributed by atoms with Crippen molar-refractivity contribution in [3.05, 3.63) is 23.4 Å². The van der Waals surface area contributed by atoms with E-state index in [-0.39, 0.29) is 11.9 Å². The van der Waals surface area contributed by atoms with Crippen molar-refractivity contribution >= 4 is 11.7 Å². The van der Waals surface area contributed by atoms with Crippen LogP contribution in [-0.4, -0.2) is 41.5 Å². The third kappa shape index (κ3) is 4.41. The second kappa shape index (κ2) is 7.38. The molecular weight excluding hydrogens is 266 g/mol. The summed E-state index contributed by atoms with van der Waals surface area (Å²) in [6.45, 7) is 7.22. The van der Waals surface area contributed by atoms with E-state index in [2.05, 4.69) is 20.6 Å². The number of nitrogens with one attached hydrogen (secondary N) is 2. The average Bonchev–Trinajstić information content (AvgIpc) is 2.99. The summed E-state index contributed by atoms with van der Waals surface area (Å²) in [6, 6.07) is 3.62. The van der Waals surface area contributed by atoms with Crippen molar-refractivity contribution in [2.24, 2.45) is 5.84 Å². The zero-order valence-electron chi connectivity index (χ0n) is 12.9. The van der Waals surface area contributed by atoms with Crippen LogP contribution in [0, 0.1) is 0 Å². The highest BCUT2D eigenvalue weighted by Gasteiger charge is 2.17. The Kier molecular flexibility index (Phi) is 5.52. The number of rotatable bonds is 6. The molecule has 0 saturated carbocycles. The number of aryl methyl sites for hydroxylation is 1. The lowest BCUT2D eigenvalue weighted by Gasteiger charge is -2.21. The minimum absolute atomic E-state index is 0.0738. The van der Waals surface area contributed by atoms with Crippen LogP contribution in [0.5, 0.6) is 0 Å². The number of hydrogen-bond acceptors (Lipinski definition) is 5. The van der Waals surface area contributed by atoms with Crippen LogP contribution < -0.4 is 16.6 Å². The van der Waals surface area contributed by atoms with Gasteiger partial charge in [-0.2, -0.15) is 0 Å². The standard InChI is InChI=1S/C15H25N5O/c1-3-13-8-12(9-14(18-13)19-16)15(21)17-11(2)10-20-6-4-5-7-20/h8-9,11H,3-7,10,16H2,1-2H3,(H,17,21)(H,18,19). The molecule has 1 atom stereocenters. The molecule has 116 valence electrons. The SMILES string of the molecule is CCc1cc(C(=O)NC(C)CN2CCCC2)cc(NN)n1. The minimum atomic E-state index is -0.0738. The van der Waals surface area contributed by atoms with Crippen molar-refractivity contribution in [1.29, 1.82) is 0 Å². The largest absolute Gasteiger partial charge is 0.348 e. The average molecular weight is 291 g/mol. The Morgan fingerprint density at radius 1 is 1.43 bits per heavy atom. The van der Waals surface area contributed by atoms with Gasteiger partial charge in [-0.3, -0.25) is 4.79 Å². The summed E-state index contributed by atoms with van der Waals surface area (Å²) >= 11 is 0. The molecule has 0 spiro atoms. The Hall–Kier alpha value is -1.66. The van der Waals surface area contributed by atoms with Crippen LogP contribution >= 0.6 is 0 Å². The molecule has 0 aliphatic carbocycles. The Morgan fingerprint density at radius 2 is 2.14 bits per heavy atom. The van der Waals surface area contributed by atoms with E-state index in [1.807, 2.05) is 19.9 Å². The van der Waals surface area contributed by atoms with Crippen LogP contribution in [0.15, 0.2) is 12.1 Å². The molecule has 1 fully saturated rings. The molecule has 0 radical (unpaired) electrons. The third-order valence-corrected chi connectivity index (χ3v) is 3.76. The summed E-state index contributed by atoms with van der Waals surface area (Å²) in [5, 5.41) is 3.05. The Balaban J connectivity index is 1.98. The second-order valence-electron chi connectivity index (χ2n) is 5.61. The van der Waals surface area contributed by atoms with Crippen LogP contribution in [0.25, 0.3) is 0 Å². The first-order valence-electron chi connectivity index (χ1n) is 7.63. The maximum absolute atomic E-state index is 12.3. The number of nitrogen functional groups attached to an aromatic ring is 1. The first-order chi connectivity index (χ1) is 10.1. The molecule has 1 aromatic heterocycles. The highest BCUT2D eigenvalue weighted by molar-refractivity contribution is 5.95. The number of carbonyl (C=O) groups excluding carboxylic acids is 1. The van der Waals surface area contributed by atoms with Gasteiger partial charge in [0.25, 0.3) is 5.91 Å². The molecule has 21 heavy (non-hydrogen) atoms. The number of nitrogens with zero attached hydrogens (tertiary/aromatic N) is 2. The molecule has 2 rings (SSSR count). The summed E-state index contributed by atoms with van der Waals surface area (Å²) in [4.78, 5) is 19.0. The van der Waals surface area contributed by atoms with Crippen LogP contribution in [0.1, 0.15) is 42.7 Å². The van der Waals surface area contributed by atoms with E-state index in [1.54, 1.807) is 6.07 Å². The summed E-state index contributed by atoms with van der Waals surface area (Å²) in [5.41, 5.74) is 3.96. The van der Waals surface area contributed by atoms with Crippen LogP contribution in [-0.2, 0) is 6.42 Å². The number of amides is 1. The van der Waals surface area contributed by atoms with Crippen LogP contribution in [0.3, 0.4) is 0 Å². The molecule has 1 aliphatic rings. The molecule has 1 amide bonds. The van der Waals surface area contributed by atoms with Gasteiger partial charge < -0.3 is 15.6 Å². The lowest BCUT2D eigenvalue weighted by Crippen LogP contribution is -2.41. The van der Waals surface area contributed by atoms with Gasteiger partial charge in [-0.05, 0) is 51.4 Å².